The number of benzene rings is 8. The van der Waals surface area contributed by atoms with Crippen LogP contribution in [0, 0.1) is 0 Å². The van der Waals surface area contributed by atoms with Crippen LogP contribution >= 0.6 is 0 Å². The van der Waals surface area contributed by atoms with Crippen LogP contribution < -0.4 is 0 Å². The van der Waals surface area contributed by atoms with Gasteiger partial charge in [0.05, 0.1) is 11.4 Å². The molecule has 0 aliphatic heterocycles. The predicted molar refractivity (Wildman–Crippen MR) is 244 cm³/mol. The van der Waals surface area contributed by atoms with Crippen molar-refractivity contribution in [2.75, 3.05) is 0 Å². The molecule has 0 saturated heterocycles. The lowest BCUT2D eigenvalue weighted by Gasteiger charge is -2.14. The second-order valence-corrected chi connectivity index (χ2v) is 14.5. The molecular weight excluding hydrogens is 731 g/mol. The molecule has 0 amide bonds. The van der Waals surface area contributed by atoms with Gasteiger partial charge in [-0.1, -0.05) is 206 Å². The highest BCUT2D eigenvalue weighted by atomic mass is 15.0. The van der Waals surface area contributed by atoms with E-state index >= 15 is 0 Å². The average molecular weight is 768 g/mol. The van der Waals surface area contributed by atoms with E-state index in [4.69, 9.17) is 24.9 Å². The summed E-state index contributed by atoms with van der Waals surface area (Å²) in [4.78, 5) is 25.1. The first-order valence-electron chi connectivity index (χ1n) is 20.0. The van der Waals surface area contributed by atoms with Crippen molar-refractivity contribution in [1.82, 2.24) is 24.9 Å². The molecule has 0 fully saturated rings. The number of hydrogen-bond donors (Lipinski definition) is 0. The fourth-order valence-electron chi connectivity index (χ4n) is 7.51. The molecule has 0 spiro atoms. The van der Waals surface area contributed by atoms with E-state index in [1.165, 1.54) is 11.1 Å². The van der Waals surface area contributed by atoms with Crippen molar-refractivity contribution < 1.29 is 0 Å². The maximum Gasteiger partial charge on any atom is 0.164 e. The van der Waals surface area contributed by atoms with Gasteiger partial charge in [0.25, 0.3) is 0 Å². The largest absolute Gasteiger partial charge is 0.228 e. The zero-order valence-electron chi connectivity index (χ0n) is 32.6. The monoisotopic (exact) mass is 767 g/mol. The van der Waals surface area contributed by atoms with Gasteiger partial charge in [0.1, 0.15) is 0 Å². The van der Waals surface area contributed by atoms with Crippen LogP contribution in [0.15, 0.2) is 224 Å². The van der Waals surface area contributed by atoms with Crippen molar-refractivity contribution in [3.63, 3.8) is 0 Å². The highest BCUT2D eigenvalue weighted by Gasteiger charge is 2.16. The summed E-state index contributed by atoms with van der Waals surface area (Å²) in [6, 6.07) is 77.1. The molecule has 0 N–H and O–H groups in total. The van der Waals surface area contributed by atoms with Gasteiger partial charge in [0.2, 0.25) is 0 Å². The third kappa shape index (κ3) is 7.63. The van der Waals surface area contributed by atoms with Crippen LogP contribution in [0.25, 0.3) is 101 Å². The van der Waals surface area contributed by atoms with Crippen LogP contribution in [0.2, 0.25) is 0 Å². The van der Waals surface area contributed by atoms with E-state index in [1.54, 1.807) is 0 Å². The molecule has 10 rings (SSSR count). The van der Waals surface area contributed by atoms with Crippen LogP contribution in [-0.2, 0) is 0 Å². The molecule has 0 aliphatic rings. The zero-order valence-corrected chi connectivity index (χ0v) is 32.6. The molecule has 0 bridgehead atoms. The van der Waals surface area contributed by atoms with Crippen molar-refractivity contribution >= 4 is 0 Å². The van der Waals surface area contributed by atoms with Crippen LogP contribution in [0.4, 0.5) is 0 Å². The Bertz CT molecular complexity index is 3000. The molecule has 8 aromatic carbocycles. The standard InChI is InChI=1S/C55H37N5/c1-5-17-38(18-6-1)44-25-15-27-46(35-44)48-29-13-14-30-49(48)51-37-50(56-52(57-51)41-19-7-2-8-20-41)40-33-31-39(32-34-40)45-26-16-28-47(36-45)55-59-53(42-21-9-3-10-22-42)58-54(60-55)43-23-11-4-12-24-43/h1-37H. The molecule has 282 valence electrons. The summed E-state index contributed by atoms with van der Waals surface area (Å²) in [5, 5.41) is 0. The van der Waals surface area contributed by atoms with Crippen molar-refractivity contribution in [3.8, 4) is 101 Å². The summed E-state index contributed by atoms with van der Waals surface area (Å²) in [5.41, 5.74) is 14.2. The molecular formula is C55H37N5. The Balaban J connectivity index is 1.02. The third-order valence-corrected chi connectivity index (χ3v) is 10.6. The predicted octanol–water partition coefficient (Wildman–Crippen LogP) is 13.7. The van der Waals surface area contributed by atoms with E-state index in [0.717, 1.165) is 67.0 Å². The smallest absolute Gasteiger partial charge is 0.164 e. The highest BCUT2D eigenvalue weighted by molar-refractivity contribution is 5.86. The van der Waals surface area contributed by atoms with Crippen LogP contribution in [0.1, 0.15) is 0 Å². The summed E-state index contributed by atoms with van der Waals surface area (Å²) >= 11 is 0. The summed E-state index contributed by atoms with van der Waals surface area (Å²) in [6.07, 6.45) is 0. The Kier molecular flexibility index (Phi) is 9.88. The van der Waals surface area contributed by atoms with E-state index < -0.39 is 0 Å². The Labute approximate surface area is 349 Å². The first-order chi connectivity index (χ1) is 29.7. The first-order valence-corrected chi connectivity index (χ1v) is 20.0. The highest BCUT2D eigenvalue weighted by Crippen LogP contribution is 2.36. The molecule has 10 aromatic rings. The molecule has 5 nitrogen and oxygen atoms in total. The summed E-state index contributed by atoms with van der Waals surface area (Å²) < 4.78 is 0. The van der Waals surface area contributed by atoms with E-state index in [2.05, 4.69) is 140 Å². The minimum absolute atomic E-state index is 0.621. The van der Waals surface area contributed by atoms with E-state index in [9.17, 15) is 0 Å². The average Bonchev–Trinajstić information content (AvgIpc) is 3.35. The number of aromatic nitrogens is 5. The molecule has 2 aromatic heterocycles. The van der Waals surface area contributed by atoms with Gasteiger partial charge in [0, 0.05) is 33.4 Å². The fourth-order valence-corrected chi connectivity index (χ4v) is 7.51. The van der Waals surface area contributed by atoms with Gasteiger partial charge in [0.15, 0.2) is 23.3 Å². The van der Waals surface area contributed by atoms with Crippen LogP contribution in [0.5, 0.6) is 0 Å². The lowest BCUT2D eigenvalue weighted by molar-refractivity contribution is 1.07. The molecule has 0 atom stereocenters. The van der Waals surface area contributed by atoms with Crippen molar-refractivity contribution in [1.29, 1.82) is 0 Å². The summed E-state index contributed by atoms with van der Waals surface area (Å²) in [7, 11) is 0. The molecule has 0 aliphatic carbocycles. The minimum Gasteiger partial charge on any atom is -0.228 e. The Morgan fingerprint density at radius 3 is 1.08 bits per heavy atom. The SMILES string of the molecule is c1ccc(-c2cccc(-c3ccccc3-c3cc(-c4ccc(-c5cccc(-c6nc(-c7ccccc7)nc(-c7ccccc7)n6)c5)cc4)nc(-c4ccccc4)n3)c2)cc1. The van der Waals surface area contributed by atoms with E-state index in [1.807, 2.05) is 84.9 Å². The van der Waals surface area contributed by atoms with Gasteiger partial charge in [-0.3, -0.25) is 0 Å². The van der Waals surface area contributed by atoms with Gasteiger partial charge in [-0.15, -0.1) is 0 Å². The van der Waals surface area contributed by atoms with E-state index in [-0.39, 0.29) is 0 Å². The number of nitrogens with zero attached hydrogens (tertiary/aromatic N) is 5. The quantitative estimate of drug-likeness (QED) is 0.146. The maximum absolute atomic E-state index is 5.19. The van der Waals surface area contributed by atoms with Crippen molar-refractivity contribution in [3.05, 3.63) is 224 Å². The van der Waals surface area contributed by atoms with Crippen molar-refractivity contribution in [2.24, 2.45) is 0 Å². The minimum atomic E-state index is 0.621. The summed E-state index contributed by atoms with van der Waals surface area (Å²) in [5.74, 6) is 2.57. The molecule has 5 heteroatoms. The molecule has 2 heterocycles. The molecule has 0 saturated carbocycles. The van der Waals surface area contributed by atoms with Gasteiger partial charge in [-0.05, 0) is 51.6 Å². The fraction of sp³-hybridized carbons (Fsp3) is 0. The van der Waals surface area contributed by atoms with Gasteiger partial charge in [-0.25, -0.2) is 24.9 Å². The molecule has 60 heavy (non-hydrogen) atoms. The van der Waals surface area contributed by atoms with Gasteiger partial charge in [-0.2, -0.15) is 0 Å². The number of rotatable bonds is 9. The van der Waals surface area contributed by atoms with Crippen molar-refractivity contribution in [2.45, 2.75) is 0 Å². The lowest BCUT2D eigenvalue weighted by Crippen LogP contribution is -2.00. The normalized spacial score (nSPS) is 11.0. The van der Waals surface area contributed by atoms with Gasteiger partial charge < -0.3 is 0 Å². The summed E-state index contributed by atoms with van der Waals surface area (Å²) in [6.45, 7) is 0. The van der Waals surface area contributed by atoms with Gasteiger partial charge >= 0.3 is 0 Å². The number of hydrogen-bond acceptors (Lipinski definition) is 5. The maximum atomic E-state index is 5.19. The van der Waals surface area contributed by atoms with Crippen LogP contribution in [-0.4, -0.2) is 24.9 Å². The molecule has 0 unspecified atom stereocenters. The topological polar surface area (TPSA) is 64.5 Å². The lowest BCUT2D eigenvalue weighted by atomic mass is 9.94. The Hall–Kier alpha value is -8.15. The second-order valence-electron chi connectivity index (χ2n) is 14.5. The molecule has 0 radical (unpaired) electrons. The Morgan fingerprint density at radius 2 is 0.533 bits per heavy atom. The zero-order chi connectivity index (χ0) is 40.1. The second kappa shape index (κ2) is 16.4. The first kappa shape index (κ1) is 36.2. The third-order valence-electron chi connectivity index (χ3n) is 10.6. The van der Waals surface area contributed by atoms with Crippen LogP contribution in [0.3, 0.4) is 0 Å². The van der Waals surface area contributed by atoms with E-state index in [0.29, 0.717) is 23.3 Å². The Morgan fingerprint density at radius 1 is 0.183 bits per heavy atom.